The number of aromatic nitrogens is 1. The van der Waals surface area contributed by atoms with Crippen LogP contribution in [0.1, 0.15) is 10.4 Å². The molecule has 0 saturated carbocycles. The van der Waals surface area contributed by atoms with Gasteiger partial charge in [0.25, 0.3) is 5.91 Å². The van der Waals surface area contributed by atoms with Gasteiger partial charge in [-0.2, -0.15) is 8.42 Å². The number of hydrogen-bond donors (Lipinski definition) is 4. The third-order valence-electron chi connectivity index (χ3n) is 3.22. The van der Waals surface area contributed by atoms with Crippen molar-refractivity contribution < 1.29 is 22.9 Å². The Kier molecular flexibility index (Phi) is 2.97. The number of phenols is 1. The molecule has 5 N–H and O–H groups in total. The number of nitrogens with one attached hydrogen (secondary N) is 1. The number of rotatable bonds is 3. The van der Waals surface area contributed by atoms with Gasteiger partial charge in [0.15, 0.2) is 0 Å². The first-order chi connectivity index (χ1) is 10.3. The first-order valence-electron chi connectivity index (χ1n) is 6.09. The number of amides is 1. The van der Waals surface area contributed by atoms with Gasteiger partial charge in [-0.1, -0.05) is 6.07 Å². The van der Waals surface area contributed by atoms with Crippen LogP contribution in [0.4, 0.5) is 5.69 Å². The zero-order valence-corrected chi connectivity index (χ0v) is 11.8. The Hall–Kier alpha value is -2.78. The molecular formula is C13H11N3O5S. The molecule has 0 aliphatic carbocycles. The number of benzene rings is 1. The fourth-order valence-corrected chi connectivity index (χ4v) is 2.92. The number of anilines is 1. The monoisotopic (exact) mass is 321 g/mol. The fraction of sp³-hybridized carbons (Fsp3) is 0. The predicted molar refractivity (Wildman–Crippen MR) is 80.3 cm³/mol. The van der Waals surface area contributed by atoms with Crippen molar-refractivity contribution in [1.82, 2.24) is 4.40 Å². The molecule has 3 aromatic rings. The normalized spacial score (nSPS) is 11.9. The molecule has 2 aromatic heterocycles. The van der Waals surface area contributed by atoms with E-state index in [1.54, 1.807) is 28.8 Å². The van der Waals surface area contributed by atoms with Gasteiger partial charge in [-0.15, -0.1) is 0 Å². The van der Waals surface area contributed by atoms with Crippen molar-refractivity contribution in [3.8, 4) is 5.75 Å². The van der Waals surface area contributed by atoms with E-state index < -0.39 is 16.2 Å². The highest BCUT2D eigenvalue weighted by Crippen LogP contribution is 2.35. The second kappa shape index (κ2) is 4.61. The quantitative estimate of drug-likeness (QED) is 0.536. The lowest BCUT2D eigenvalue weighted by atomic mass is 10.1. The molecule has 0 saturated heterocycles. The minimum Gasteiger partial charge on any atom is -0.507 e. The van der Waals surface area contributed by atoms with Crippen molar-refractivity contribution in [1.29, 1.82) is 0 Å². The summed E-state index contributed by atoms with van der Waals surface area (Å²) in [7, 11) is -4.49. The van der Waals surface area contributed by atoms with E-state index in [-0.39, 0.29) is 22.4 Å². The van der Waals surface area contributed by atoms with E-state index >= 15 is 0 Å². The van der Waals surface area contributed by atoms with Crippen LogP contribution in [0, 0.1) is 0 Å². The van der Waals surface area contributed by atoms with Gasteiger partial charge < -0.3 is 15.2 Å². The summed E-state index contributed by atoms with van der Waals surface area (Å²) in [4.78, 5) is 11.7. The molecule has 2 heterocycles. The molecule has 0 spiro atoms. The van der Waals surface area contributed by atoms with Crippen LogP contribution in [-0.2, 0) is 10.3 Å². The van der Waals surface area contributed by atoms with Crippen LogP contribution in [0.25, 0.3) is 16.4 Å². The number of nitrogens with zero attached hydrogens (tertiary/aromatic N) is 1. The lowest BCUT2D eigenvalue weighted by Crippen LogP contribution is -2.11. The summed E-state index contributed by atoms with van der Waals surface area (Å²) in [5.41, 5.74) is 6.31. The van der Waals surface area contributed by atoms with Crippen molar-refractivity contribution in [3.05, 3.63) is 42.1 Å². The first kappa shape index (κ1) is 14.2. The van der Waals surface area contributed by atoms with Crippen molar-refractivity contribution >= 4 is 38.3 Å². The largest absolute Gasteiger partial charge is 0.507 e. The van der Waals surface area contributed by atoms with Crippen LogP contribution in [0.2, 0.25) is 0 Å². The van der Waals surface area contributed by atoms with E-state index in [1.165, 1.54) is 6.07 Å². The molecule has 0 atom stereocenters. The van der Waals surface area contributed by atoms with Crippen molar-refractivity contribution in [2.24, 2.45) is 5.73 Å². The molecule has 8 nitrogen and oxygen atoms in total. The molecule has 0 unspecified atom stereocenters. The van der Waals surface area contributed by atoms with E-state index in [4.69, 9.17) is 10.3 Å². The third kappa shape index (κ3) is 2.22. The molecule has 1 aromatic carbocycles. The second-order valence-electron chi connectivity index (χ2n) is 4.66. The molecule has 0 fully saturated rings. The van der Waals surface area contributed by atoms with Gasteiger partial charge in [0, 0.05) is 12.3 Å². The molecule has 0 radical (unpaired) electrons. The highest BCUT2D eigenvalue weighted by molar-refractivity contribution is 7.87. The van der Waals surface area contributed by atoms with Crippen LogP contribution in [0.3, 0.4) is 0 Å². The summed E-state index contributed by atoms with van der Waals surface area (Å²) in [5, 5.41) is 10.4. The molecule has 1 amide bonds. The van der Waals surface area contributed by atoms with Gasteiger partial charge in [0.05, 0.1) is 27.7 Å². The smallest absolute Gasteiger partial charge is 0.357 e. The van der Waals surface area contributed by atoms with E-state index in [9.17, 15) is 18.3 Å². The van der Waals surface area contributed by atoms with E-state index in [0.29, 0.717) is 11.0 Å². The maximum Gasteiger partial charge on any atom is 0.357 e. The van der Waals surface area contributed by atoms with Crippen molar-refractivity contribution in [2.75, 3.05) is 4.72 Å². The standard InChI is InChI=1S/C13H11N3O5S/c14-13(18)12-8-3-1-2-4-16(8)9-5-7(15-22(19,20)21)6-10(17)11(9)12/h1-6,15,17H,(H2,14,18)(H,19,20,21). The van der Waals surface area contributed by atoms with Crippen LogP contribution in [-0.4, -0.2) is 28.4 Å². The number of carbonyl (C=O) groups excluding carboxylic acids is 1. The van der Waals surface area contributed by atoms with Gasteiger partial charge in [-0.3, -0.25) is 14.1 Å². The summed E-state index contributed by atoms with van der Waals surface area (Å²) < 4.78 is 34.1. The molecular weight excluding hydrogens is 310 g/mol. The summed E-state index contributed by atoms with van der Waals surface area (Å²) >= 11 is 0. The molecule has 114 valence electrons. The summed E-state index contributed by atoms with van der Waals surface area (Å²) in [5.74, 6) is -1.05. The predicted octanol–water partition coefficient (Wildman–Crippen LogP) is 1.11. The number of primary amides is 1. The lowest BCUT2D eigenvalue weighted by Gasteiger charge is -2.05. The molecule has 3 rings (SSSR count). The topological polar surface area (TPSA) is 134 Å². The van der Waals surface area contributed by atoms with Crippen LogP contribution in [0.15, 0.2) is 36.5 Å². The van der Waals surface area contributed by atoms with Crippen LogP contribution >= 0.6 is 0 Å². The van der Waals surface area contributed by atoms with Crippen molar-refractivity contribution in [3.63, 3.8) is 0 Å². The van der Waals surface area contributed by atoms with Gasteiger partial charge in [0.1, 0.15) is 5.75 Å². The van der Waals surface area contributed by atoms with Gasteiger partial charge in [-0.05, 0) is 18.2 Å². The minimum atomic E-state index is -4.49. The lowest BCUT2D eigenvalue weighted by molar-refractivity contribution is 0.100. The fourth-order valence-electron chi connectivity index (χ4n) is 2.50. The zero-order chi connectivity index (χ0) is 16.1. The van der Waals surface area contributed by atoms with E-state index in [1.807, 2.05) is 4.72 Å². The molecule has 9 heteroatoms. The second-order valence-corrected chi connectivity index (χ2v) is 5.82. The minimum absolute atomic E-state index is 0.0493. The van der Waals surface area contributed by atoms with Gasteiger partial charge in [-0.25, -0.2) is 0 Å². The number of carbonyl (C=O) groups is 1. The van der Waals surface area contributed by atoms with Crippen molar-refractivity contribution in [2.45, 2.75) is 0 Å². The number of fused-ring (bicyclic) bond motifs is 3. The Morgan fingerprint density at radius 3 is 2.59 bits per heavy atom. The SMILES string of the molecule is NC(=O)c1c2c(O)cc(NS(=O)(=O)O)cc2n2ccccc12. The third-order valence-corrected chi connectivity index (χ3v) is 3.71. The maximum absolute atomic E-state index is 11.7. The molecule has 22 heavy (non-hydrogen) atoms. The maximum atomic E-state index is 11.7. The molecule has 0 aliphatic heterocycles. The van der Waals surface area contributed by atoms with Gasteiger partial charge >= 0.3 is 10.3 Å². The summed E-state index contributed by atoms with van der Waals surface area (Å²) in [6.45, 7) is 0. The van der Waals surface area contributed by atoms with E-state index in [2.05, 4.69) is 0 Å². The Balaban J connectivity index is 2.44. The average molecular weight is 321 g/mol. The van der Waals surface area contributed by atoms with Crippen LogP contribution < -0.4 is 10.5 Å². The number of hydrogen-bond acceptors (Lipinski definition) is 4. The summed E-state index contributed by atoms with van der Waals surface area (Å²) in [6.07, 6.45) is 1.64. The Morgan fingerprint density at radius 2 is 1.95 bits per heavy atom. The Labute approximate surface area is 124 Å². The number of nitrogens with two attached hydrogens (primary N) is 1. The molecule has 0 bridgehead atoms. The highest BCUT2D eigenvalue weighted by atomic mass is 32.2. The zero-order valence-electron chi connectivity index (χ0n) is 11.0. The van der Waals surface area contributed by atoms with Gasteiger partial charge in [0.2, 0.25) is 0 Å². The van der Waals surface area contributed by atoms with E-state index in [0.717, 1.165) is 6.07 Å². The average Bonchev–Trinajstić information content (AvgIpc) is 2.72. The number of aromatic hydroxyl groups is 1. The van der Waals surface area contributed by atoms with Crippen LogP contribution in [0.5, 0.6) is 5.75 Å². The summed E-state index contributed by atoms with van der Waals surface area (Å²) in [6, 6.07) is 7.52. The number of pyridine rings is 1. The number of phenolic OH excluding ortho intramolecular Hbond substituents is 1. The first-order valence-corrected chi connectivity index (χ1v) is 7.53. The Morgan fingerprint density at radius 1 is 1.23 bits per heavy atom. The Bertz CT molecular complexity index is 1020. The highest BCUT2D eigenvalue weighted by Gasteiger charge is 2.20. The molecule has 0 aliphatic rings.